The molecule has 0 saturated carbocycles. The fraction of sp³-hybridized carbons (Fsp3) is 0.600. The molecule has 100 valence electrons. The zero-order chi connectivity index (χ0) is 13.1. The van der Waals surface area contributed by atoms with Gasteiger partial charge in [-0.15, -0.1) is 0 Å². The summed E-state index contributed by atoms with van der Waals surface area (Å²) in [7, 11) is 0. The molecular formula is C15H25N3. The zero-order valence-electron chi connectivity index (χ0n) is 11.8. The first kappa shape index (κ1) is 13.4. The van der Waals surface area contributed by atoms with Gasteiger partial charge >= 0.3 is 0 Å². The topological polar surface area (TPSA) is 32.5 Å². The lowest BCUT2D eigenvalue weighted by Gasteiger charge is -2.37. The van der Waals surface area contributed by atoms with Crippen LogP contribution in [0.4, 0.5) is 5.69 Å². The molecule has 1 aliphatic rings. The molecule has 0 bridgehead atoms. The summed E-state index contributed by atoms with van der Waals surface area (Å²) in [6.07, 6.45) is 0. The normalized spacial score (nSPS) is 19.0. The smallest absolute Gasteiger partial charge is 0.0399 e. The quantitative estimate of drug-likeness (QED) is 0.883. The van der Waals surface area contributed by atoms with E-state index in [1.165, 1.54) is 16.8 Å². The lowest BCUT2D eigenvalue weighted by Crippen LogP contribution is -2.49. The van der Waals surface area contributed by atoms with Crippen molar-refractivity contribution in [2.45, 2.75) is 26.8 Å². The van der Waals surface area contributed by atoms with Gasteiger partial charge in [0, 0.05) is 44.5 Å². The van der Waals surface area contributed by atoms with Crippen LogP contribution in [-0.4, -0.2) is 43.7 Å². The third kappa shape index (κ3) is 3.03. The van der Waals surface area contributed by atoms with Crippen molar-refractivity contribution in [2.75, 3.05) is 37.6 Å². The van der Waals surface area contributed by atoms with Gasteiger partial charge in [0.2, 0.25) is 0 Å². The van der Waals surface area contributed by atoms with Crippen LogP contribution in [0.25, 0.3) is 0 Å². The van der Waals surface area contributed by atoms with E-state index in [0.29, 0.717) is 0 Å². The van der Waals surface area contributed by atoms with Crippen molar-refractivity contribution in [2.24, 2.45) is 5.73 Å². The van der Waals surface area contributed by atoms with Gasteiger partial charge in [-0.3, -0.25) is 4.90 Å². The van der Waals surface area contributed by atoms with Crippen LogP contribution >= 0.6 is 0 Å². The van der Waals surface area contributed by atoms with Crippen molar-refractivity contribution in [1.82, 2.24) is 4.90 Å². The second kappa shape index (κ2) is 5.72. The van der Waals surface area contributed by atoms with Gasteiger partial charge < -0.3 is 10.6 Å². The average Bonchev–Trinajstić information content (AvgIpc) is 2.33. The highest BCUT2D eigenvalue weighted by Crippen LogP contribution is 2.23. The Bertz CT molecular complexity index is 393. The summed E-state index contributed by atoms with van der Waals surface area (Å²) in [5.41, 5.74) is 10.1. The number of piperazine rings is 1. The van der Waals surface area contributed by atoms with Crippen LogP contribution in [0, 0.1) is 13.8 Å². The van der Waals surface area contributed by atoms with E-state index in [9.17, 15) is 0 Å². The second-order valence-electron chi connectivity index (χ2n) is 5.48. The predicted molar refractivity (Wildman–Crippen MR) is 78.2 cm³/mol. The van der Waals surface area contributed by atoms with Gasteiger partial charge in [0.15, 0.2) is 0 Å². The van der Waals surface area contributed by atoms with Gasteiger partial charge in [-0.25, -0.2) is 0 Å². The Morgan fingerprint density at radius 3 is 2.44 bits per heavy atom. The minimum absolute atomic E-state index is 0.275. The van der Waals surface area contributed by atoms with Crippen molar-refractivity contribution in [3.05, 3.63) is 29.3 Å². The highest BCUT2D eigenvalue weighted by molar-refractivity contribution is 5.56. The highest BCUT2D eigenvalue weighted by Gasteiger charge is 2.19. The van der Waals surface area contributed by atoms with E-state index >= 15 is 0 Å². The fourth-order valence-electron chi connectivity index (χ4n) is 2.66. The maximum absolute atomic E-state index is 5.86. The first-order valence-corrected chi connectivity index (χ1v) is 6.87. The van der Waals surface area contributed by atoms with Crippen LogP contribution in [0.15, 0.2) is 18.2 Å². The molecule has 2 rings (SSSR count). The molecule has 0 aromatic heterocycles. The molecule has 3 heteroatoms. The predicted octanol–water partition coefficient (Wildman–Crippen LogP) is 1.77. The Kier molecular flexibility index (Phi) is 4.25. The third-order valence-corrected chi connectivity index (χ3v) is 3.84. The van der Waals surface area contributed by atoms with Crippen molar-refractivity contribution in [3.8, 4) is 0 Å². The third-order valence-electron chi connectivity index (χ3n) is 3.84. The highest BCUT2D eigenvalue weighted by atomic mass is 15.3. The standard InChI is InChI=1S/C15H25N3/c1-12-5-4-6-15(14(12)3)18-9-7-17(8-10-18)11-13(2)16/h4-6,13H,7-11,16H2,1-3H3/t13-/m1/s1. The molecule has 0 unspecified atom stereocenters. The molecule has 0 radical (unpaired) electrons. The van der Waals surface area contributed by atoms with Crippen LogP contribution in [0.3, 0.4) is 0 Å². The van der Waals surface area contributed by atoms with E-state index < -0.39 is 0 Å². The molecule has 18 heavy (non-hydrogen) atoms. The van der Waals surface area contributed by atoms with E-state index in [0.717, 1.165) is 32.7 Å². The monoisotopic (exact) mass is 247 g/mol. The Labute approximate surface area is 111 Å². The van der Waals surface area contributed by atoms with Crippen molar-refractivity contribution < 1.29 is 0 Å². The molecule has 1 aromatic rings. The number of benzene rings is 1. The number of nitrogens with zero attached hydrogens (tertiary/aromatic N) is 2. The Morgan fingerprint density at radius 1 is 1.17 bits per heavy atom. The van der Waals surface area contributed by atoms with E-state index in [4.69, 9.17) is 5.73 Å². The molecule has 0 spiro atoms. The molecule has 0 aliphatic carbocycles. The number of nitrogens with two attached hydrogens (primary N) is 1. The summed E-state index contributed by atoms with van der Waals surface area (Å²) >= 11 is 0. The van der Waals surface area contributed by atoms with E-state index in [-0.39, 0.29) is 6.04 Å². The zero-order valence-corrected chi connectivity index (χ0v) is 11.8. The van der Waals surface area contributed by atoms with E-state index in [1.807, 2.05) is 0 Å². The summed E-state index contributed by atoms with van der Waals surface area (Å²) in [4.78, 5) is 4.96. The molecule has 2 N–H and O–H groups in total. The summed E-state index contributed by atoms with van der Waals surface area (Å²) in [6, 6.07) is 6.86. The molecule has 0 amide bonds. The maximum Gasteiger partial charge on any atom is 0.0399 e. The SMILES string of the molecule is Cc1cccc(N2CCN(C[C@@H](C)N)CC2)c1C. The van der Waals surface area contributed by atoms with E-state index in [1.54, 1.807) is 0 Å². The Hall–Kier alpha value is -1.06. The first-order valence-electron chi connectivity index (χ1n) is 6.87. The molecule has 1 heterocycles. The minimum atomic E-state index is 0.275. The van der Waals surface area contributed by atoms with E-state index in [2.05, 4.69) is 48.8 Å². The Balaban J connectivity index is 1.99. The first-order chi connectivity index (χ1) is 8.58. The number of anilines is 1. The molecule has 1 aliphatic heterocycles. The molecule has 1 fully saturated rings. The summed E-state index contributed by atoms with van der Waals surface area (Å²) in [5.74, 6) is 0. The summed E-state index contributed by atoms with van der Waals surface area (Å²) in [6.45, 7) is 12.0. The molecule has 1 atom stereocenters. The van der Waals surface area contributed by atoms with Gasteiger partial charge in [0.1, 0.15) is 0 Å². The largest absolute Gasteiger partial charge is 0.369 e. The number of hydrogen-bond acceptors (Lipinski definition) is 3. The number of aryl methyl sites for hydroxylation is 1. The molecule has 1 aromatic carbocycles. The van der Waals surface area contributed by atoms with Crippen molar-refractivity contribution in [3.63, 3.8) is 0 Å². The van der Waals surface area contributed by atoms with Gasteiger partial charge in [0.25, 0.3) is 0 Å². The van der Waals surface area contributed by atoms with Crippen molar-refractivity contribution >= 4 is 5.69 Å². The van der Waals surface area contributed by atoms with Crippen molar-refractivity contribution in [1.29, 1.82) is 0 Å². The van der Waals surface area contributed by atoms with Crippen LogP contribution in [-0.2, 0) is 0 Å². The number of rotatable bonds is 3. The van der Waals surface area contributed by atoms with Crippen LogP contribution < -0.4 is 10.6 Å². The van der Waals surface area contributed by atoms with Crippen LogP contribution in [0.1, 0.15) is 18.1 Å². The molecule has 1 saturated heterocycles. The molecular weight excluding hydrogens is 222 g/mol. The lowest BCUT2D eigenvalue weighted by atomic mass is 10.1. The van der Waals surface area contributed by atoms with Gasteiger partial charge in [-0.2, -0.15) is 0 Å². The maximum atomic E-state index is 5.86. The van der Waals surface area contributed by atoms with Crippen LogP contribution in [0.5, 0.6) is 0 Å². The second-order valence-corrected chi connectivity index (χ2v) is 5.48. The Morgan fingerprint density at radius 2 is 1.83 bits per heavy atom. The van der Waals surface area contributed by atoms with Gasteiger partial charge in [-0.1, -0.05) is 12.1 Å². The minimum Gasteiger partial charge on any atom is -0.369 e. The van der Waals surface area contributed by atoms with Gasteiger partial charge in [-0.05, 0) is 38.0 Å². The molecule has 3 nitrogen and oxygen atoms in total. The van der Waals surface area contributed by atoms with Gasteiger partial charge in [0.05, 0.1) is 0 Å². The summed E-state index contributed by atoms with van der Waals surface area (Å²) in [5, 5.41) is 0. The fourth-order valence-corrected chi connectivity index (χ4v) is 2.66. The number of hydrogen-bond donors (Lipinski definition) is 1. The lowest BCUT2D eigenvalue weighted by molar-refractivity contribution is 0.246. The summed E-state index contributed by atoms with van der Waals surface area (Å²) < 4.78 is 0. The van der Waals surface area contributed by atoms with Crippen LogP contribution in [0.2, 0.25) is 0 Å². The average molecular weight is 247 g/mol.